The predicted octanol–water partition coefficient (Wildman–Crippen LogP) is 0.962. The molecule has 1 aliphatic heterocycles. The summed E-state index contributed by atoms with van der Waals surface area (Å²) in [6.07, 6.45) is 2.42. The van der Waals surface area contributed by atoms with Gasteiger partial charge in [0.15, 0.2) is 0 Å². The van der Waals surface area contributed by atoms with Crippen LogP contribution in [0.2, 0.25) is 0 Å². The van der Waals surface area contributed by atoms with E-state index >= 15 is 0 Å². The molecular formula is C14H14N4O3. The lowest BCUT2D eigenvalue weighted by Crippen LogP contribution is -2.46. The van der Waals surface area contributed by atoms with Crippen LogP contribution >= 0.6 is 0 Å². The number of carbonyl (C=O) groups excluding carboxylic acids is 3. The number of nitrogens with zero attached hydrogens (tertiary/aromatic N) is 4. The van der Waals surface area contributed by atoms with E-state index in [1.807, 2.05) is 13.8 Å². The Labute approximate surface area is 121 Å². The number of aromatic nitrogens is 1. The Bertz CT molecular complexity index is 627. The van der Waals surface area contributed by atoms with Gasteiger partial charge in [0.1, 0.15) is 11.7 Å². The second kappa shape index (κ2) is 5.76. The monoisotopic (exact) mass is 286 g/mol. The number of ketones is 1. The van der Waals surface area contributed by atoms with Gasteiger partial charge in [-0.1, -0.05) is 13.8 Å². The van der Waals surface area contributed by atoms with Crippen LogP contribution in [-0.2, 0) is 4.79 Å². The first-order valence-electron chi connectivity index (χ1n) is 6.51. The first-order chi connectivity index (χ1) is 9.97. The van der Waals surface area contributed by atoms with Crippen LogP contribution in [0.15, 0.2) is 18.3 Å². The van der Waals surface area contributed by atoms with Crippen LogP contribution in [0.4, 0.5) is 0 Å². The van der Waals surface area contributed by atoms with Crippen LogP contribution in [0, 0.1) is 5.92 Å². The summed E-state index contributed by atoms with van der Waals surface area (Å²) < 4.78 is 0. The van der Waals surface area contributed by atoms with Gasteiger partial charge in [0.25, 0.3) is 17.6 Å². The van der Waals surface area contributed by atoms with Crippen molar-refractivity contribution < 1.29 is 19.2 Å². The summed E-state index contributed by atoms with van der Waals surface area (Å²) in [6, 6.07) is 2.07. The van der Waals surface area contributed by atoms with E-state index < -0.39 is 23.6 Å². The molecule has 0 saturated heterocycles. The summed E-state index contributed by atoms with van der Waals surface area (Å²) in [7, 11) is 0. The van der Waals surface area contributed by atoms with Crippen molar-refractivity contribution in [2.45, 2.75) is 26.3 Å². The molecule has 0 spiro atoms. The largest absolute Gasteiger partial charge is 0.361 e. The lowest BCUT2D eigenvalue weighted by Gasteiger charge is -2.23. The maximum Gasteiger partial charge on any atom is 0.325 e. The molecule has 108 valence electrons. The Morgan fingerprint density at radius 3 is 2.71 bits per heavy atom. The Hall–Kier alpha value is -2.66. The van der Waals surface area contributed by atoms with E-state index in [0.717, 1.165) is 4.90 Å². The molecule has 21 heavy (non-hydrogen) atoms. The zero-order chi connectivity index (χ0) is 15.6. The summed E-state index contributed by atoms with van der Waals surface area (Å²) >= 11 is 0. The van der Waals surface area contributed by atoms with Gasteiger partial charge in [-0.05, 0) is 24.5 Å². The number of pyridine rings is 1. The number of hydrogen-bond donors (Lipinski definition) is 0. The molecule has 0 N–H and O–H groups in total. The Morgan fingerprint density at radius 2 is 2.14 bits per heavy atom. The summed E-state index contributed by atoms with van der Waals surface area (Å²) in [5.41, 5.74) is 8.75. The number of Topliss-reactive ketones (excluding diaryl/α,β-unsaturated/α-hetero) is 1. The molecule has 1 aromatic heterocycles. The highest BCUT2D eigenvalue weighted by Gasteiger charge is 2.44. The average Bonchev–Trinajstić information content (AvgIpc) is 2.69. The van der Waals surface area contributed by atoms with E-state index in [1.165, 1.54) is 12.3 Å². The van der Waals surface area contributed by atoms with Gasteiger partial charge < -0.3 is 5.53 Å². The first-order valence-corrected chi connectivity index (χ1v) is 6.51. The van der Waals surface area contributed by atoms with Crippen LogP contribution in [0.3, 0.4) is 0 Å². The third-order valence-corrected chi connectivity index (χ3v) is 3.20. The molecule has 1 aromatic rings. The van der Waals surface area contributed by atoms with Gasteiger partial charge in [-0.2, -0.15) is 4.79 Å². The molecule has 7 heteroatoms. The number of amides is 2. The highest BCUT2D eigenvalue weighted by molar-refractivity contribution is 6.31. The third kappa shape index (κ3) is 2.64. The topological polar surface area (TPSA) is 104 Å². The van der Waals surface area contributed by atoms with Gasteiger partial charge in [-0.25, -0.2) is 0 Å². The average molecular weight is 286 g/mol. The lowest BCUT2D eigenvalue weighted by molar-refractivity contribution is -0.120. The lowest BCUT2D eigenvalue weighted by atomic mass is 9.99. The van der Waals surface area contributed by atoms with E-state index in [1.54, 1.807) is 6.07 Å². The van der Waals surface area contributed by atoms with Gasteiger partial charge >= 0.3 is 6.21 Å². The van der Waals surface area contributed by atoms with E-state index in [2.05, 4.69) is 9.77 Å². The van der Waals surface area contributed by atoms with E-state index in [-0.39, 0.29) is 23.6 Å². The SMILES string of the molecule is CC(C)CC(C(=O)C=[N+]=[N-])N1C(=O)c2cccnc2C1=O. The number of carbonyl (C=O) groups is 3. The standard InChI is InChI=1S/C14H14N4O3/c1-8(2)6-10(11(19)7-17-15)18-13(20)9-4-3-5-16-12(9)14(18)21/h3-5,7-8,10H,6H2,1-2H3. The fraction of sp³-hybridized carbons (Fsp3) is 0.357. The highest BCUT2D eigenvalue weighted by Crippen LogP contribution is 2.25. The molecule has 7 nitrogen and oxygen atoms in total. The van der Waals surface area contributed by atoms with Gasteiger partial charge in [0, 0.05) is 6.20 Å². The van der Waals surface area contributed by atoms with Crippen LogP contribution in [0.5, 0.6) is 0 Å². The molecule has 0 aromatic carbocycles. The molecule has 1 aliphatic rings. The van der Waals surface area contributed by atoms with Crippen molar-refractivity contribution in [1.82, 2.24) is 9.88 Å². The molecule has 2 amide bonds. The molecular weight excluding hydrogens is 272 g/mol. The van der Waals surface area contributed by atoms with Gasteiger partial charge in [-0.3, -0.25) is 24.3 Å². The zero-order valence-electron chi connectivity index (χ0n) is 11.7. The Morgan fingerprint density at radius 1 is 1.43 bits per heavy atom. The van der Waals surface area contributed by atoms with Crippen molar-refractivity contribution in [2.24, 2.45) is 5.92 Å². The quantitative estimate of drug-likeness (QED) is 0.348. The Balaban J connectivity index is 2.43. The molecule has 2 rings (SSSR count). The minimum atomic E-state index is -0.991. The smallest absolute Gasteiger partial charge is 0.325 e. The fourth-order valence-corrected chi connectivity index (χ4v) is 2.31. The van der Waals surface area contributed by atoms with E-state index in [9.17, 15) is 14.4 Å². The molecule has 0 saturated carbocycles. The van der Waals surface area contributed by atoms with Crippen LogP contribution in [-0.4, -0.2) is 44.5 Å². The summed E-state index contributed by atoms with van der Waals surface area (Å²) in [6.45, 7) is 3.74. The zero-order valence-corrected chi connectivity index (χ0v) is 11.7. The number of rotatable bonds is 5. The second-order valence-corrected chi connectivity index (χ2v) is 5.17. The predicted molar refractivity (Wildman–Crippen MR) is 72.7 cm³/mol. The number of hydrogen-bond acceptors (Lipinski definition) is 4. The number of imide groups is 1. The summed E-state index contributed by atoms with van der Waals surface area (Å²) in [5, 5.41) is 0. The molecule has 1 unspecified atom stereocenters. The van der Waals surface area contributed by atoms with Crippen molar-refractivity contribution in [3.05, 3.63) is 35.1 Å². The number of fused-ring (bicyclic) bond motifs is 1. The van der Waals surface area contributed by atoms with Gasteiger partial charge in [0.05, 0.1) is 5.56 Å². The van der Waals surface area contributed by atoms with Crippen LogP contribution in [0.1, 0.15) is 41.1 Å². The van der Waals surface area contributed by atoms with Gasteiger partial charge in [-0.15, -0.1) is 0 Å². The minimum absolute atomic E-state index is 0.0463. The van der Waals surface area contributed by atoms with Crippen molar-refractivity contribution in [1.29, 1.82) is 0 Å². The molecule has 0 aliphatic carbocycles. The van der Waals surface area contributed by atoms with Crippen molar-refractivity contribution >= 4 is 23.8 Å². The molecule has 0 bridgehead atoms. The minimum Gasteiger partial charge on any atom is -0.361 e. The summed E-state index contributed by atoms with van der Waals surface area (Å²) in [5.74, 6) is -1.67. The second-order valence-electron chi connectivity index (χ2n) is 5.17. The molecule has 0 radical (unpaired) electrons. The maximum absolute atomic E-state index is 12.3. The normalized spacial score (nSPS) is 14.9. The Kier molecular flexibility index (Phi) is 4.05. The molecule has 1 atom stereocenters. The fourth-order valence-electron chi connectivity index (χ4n) is 2.31. The third-order valence-electron chi connectivity index (χ3n) is 3.20. The molecule has 2 heterocycles. The van der Waals surface area contributed by atoms with Gasteiger partial charge in [0.2, 0.25) is 0 Å². The van der Waals surface area contributed by atoms with Crippen molar-refractivity contribution in [3.63, 3.8) is 0 Å². The van der Waals surface area contributed by atoms with Crippen molar-refractivity contribution in [2.75, 3.05) is 0 Å². The highest BCUT2D eigenvalue weighted by atomic mass is 16.2. The molecule has 0 fully saturated rings. The van der Waals surface area contributed by atoms with E-state index in [0.29, 0.717) is 6.21 Å². The maximum atomic E-state index is 12.3. The van der Waals surface area contributed by atoms with Crippen molar-refractivity contribution in [3.8, 4) is 0 Å². The van der Waals surface area contributed by atoms with Crippen LogP contribution < -0.4 is 0 Å². The van der Waals surface area contributed by atoms with Crippen LogP contribution in [0.25, 0.3) is 5.53 Å². The first kappa shape index (κ1) is 14.7. The summed E-state index contributed by atoms with van der Waals surface area (Å²) in [4.78, 5) is 44.2. The van der Waals surface area contributed by atoms with E-state index in [4.69, 9.17) is 5.53 Å².